The van der Waals surface area contributed by atoms with E-state index in [4.69, 9.17) is 21.1 Å². The van der Waals surface area contributed by atoms with Crippen molar-refractivity contribution in [2.45, 2.75) is 19.3 Å². The number of anilines is 1. The molecule has 0 N–H and O–H groups in total. The van der Waals surface area contributed by atoms with Crippen molar-refractivity contribution in [1.29, 1.82) is 0 Å². The second-order valence-electron chi connectivity index (χ2n) is 6.60. The van der Waals surface area contributed by atoms with Crippen LogP contribution in [-0.4, -0.2) is 25.6 Å². The van der Waals surface area contributed by atoms with E-state index < -0.39 is 11.9 Å². The van der Waals surface area contributed by atoms with Crippen LogP contribution in [0.1, 0.15) is 23.5 Å². The zero-order valence-electron chi connectivity index (χ0n) is 15.0. The lowest BCUT2D eigenvalue weighted by Crippen LogP contribution is -2.37. The van der Waals surface area contributed by atoms with Crippen LogP contribution < -0.4 is 9.64 Å². The lowest BCUT2D eigenvalue weighted by Gasteiger charge is -2.32. The highest BCUT2D eigenvalue weighted by molar-refractivity contribution is 6.31. The molecule has 2 aromatic rings. The number of para-hydroxylation sites is 1. The molecule has 0 fully saturated rings. The van der Waals surface area contributed by atoms with Gasteiger partial charge in [-0.2, -0.15) is 0 Å². The Bertz CT molecular complexity index is 982. The van der Waals surface area contributed by atoms with Gasteiger partial charge in [0.25, 0.3) is 0 Å². The van der Waals surface area contributed by atoms with Crippen molar-refractivity contribution in [2.24, 2.45) is 0 Å². The highest BCUT2D eigenvalue weighted by atomic mass is 35.5. The number of halogens is 1. The van der Waals surface area contributed by atoms with E-state index in [2.05, 4.69) is 0 Å². The SMILES string of the molecule is COc1ccccc1[C@@H]1CC(=O)N(c2ccc(C)c(Cl)c2)C2=C1C(=O)OC2. The maximum Gasteiger partial charge on any atom is 0.336 e. The minimum absolute atomic E-state index is 0.0665. The Morgan fingerprint density at radius 3 is 2.70 bits per heavy atom. The molecule has 2 aromatic carbocycles. The van der Waals surface area contributed by atoms with Gasteiger partial charge in [-0.05, 0) is 30.7 Å². The molecule has 2 aliphatic rings. The Kier molecular flexibility index (Phi) is 4.40. The molecule has 1 atom stereocenters. The zero-order chi connectivity index (χ0) is 19.1. The quantitative estimate of drug-likeness (QED) is 0.752. The zero-order valence-corrected chi connectivity index (χ0v) is 15.7. The molecule has 0 aromatic heterocycles. The van der Waals surface area contributed by atoms with Crippen LogP contribution in [0.2, 0.25) is 5.02 Å². The van der Waals surface area contributed by atoms with Crippen molar-refractivity contribution >= 4 is 29.2 Å². The van der Waals surface area contributed by atoms with Gasteiger partial charge < -0.3 is 9.47 Å². The Labute approximate surface area is 162 Å². The summed E-state index contributed by atoms with van der Waals surface area (Å²) in [5.74, 6) is -0.246. The maximum absolute atomic E-state index is 13.1. The van der Waals surface area contributed by atoms with E-state index in [1.165, 1.54) is 0 Å². The van der Waals surface area contributed by atoms with Gasteiger partial charge in [-0.3, -0.25) is 9.69 Å². The largest absolute Gasteiger partial charge is 0.496 e. The van der Waals surface area contributed by atoms with Crippen molar-refractivity contribution in [3.05, 3.63) is 69.9 Å². The summed E-state index contributed by atoms with van der Waals surface area (Å²) in [4.78, 5) is 27.1. The molecule has 0 bridgehead atoms. The minimum Gasteiger partial charge on any atom is -0.496 e. The Balaban J connectivity index is 1.85. The smallest absolute Gasteiger partial charge is 0.336 e. The molecule has 0 unspecified atom stereocenters. The molecular formula is C21H18ClNO4. The third-order valence-electron chi connectivity index (χ3n) is 5.05. The lowest BCUT2D eigenvalue weighted by molar-refractivity contribution is -0.136. The van der Waals surface area contributed by atoms with Gasteiger partial charge in [-0.15, -0.1) is 0 Å². The first-order valence-electron chi connectivity index (χ1n) is 8.63. The van der Waals surface area contributed by atoms with Gasteiger partial charge in [0.1, 0.15) is 12.4 Å². The molecule has 5 nitrogen and oxygen atoms in total. The lowest BCUT2D eigenvalue weighted by atomic mass is 9.83. The molecule has 27 heavy (non-hydrogen) atoms. The number of rotatable bonds is 3. The van der Waals surface area contributed by atoms with E-state index in [0.29, 0.717) is 27.7 Å². The standard InChI is InChI=1S/C21H18ClNO4/c1-12-7-8-13(9-16(12)22)23-17-11-27-21(25)20(17)15(10-19(23)24)14-5-3-4-6-18(14)26-2/h3-9,15H,10-11H2,1-2H3/t15-/m0/s1. The molecule has 0 saturated carbocycles. The first kappa shape index (κ1) is 17.6. The summed E-state index contributed by atoms with van der Waals surface area (Å²) in [6, 6.07) is 12.9. The second kappa shape index (κ2) is 6.74. The van der Waals surface area contributed by atoms with Crippen LogP contribution in [0.4, 0.5) is 5.69 Å². The molecule has 0 saturated heterocycles. The molecule has 2 heterocycles. The molecule has 6 heteroatoms. The fraction of sp³-hybridized carbons (Fsp3) is 0.238. The van der Waals surface area contributed by atoms with E-state index in [9.17, 15) is 9.59 Å². The topological polar surface area (TPSA) is 55.8 Å². The number of nitrogens with zero attached hydrogens (tertiary/aromatic N) is 1. The Morgan fingerprint density at radius 1 is 1.19 bits per heavy atom. The van der Waals surface area contributed by atoms with E-state index in [1.54, 1.807) is 18.1 Å². The Hall–Kier alpha value is -2.79. The normalized spacial score (nSPS) is 19.2. The van der Waals surface area contributed by atoms with E-state index >= 15 is 0 Å². The molecule has 4 rings (SSSR count). The molecule has 138 valence electrons. The average molecular weight is 384 g/mol. The van der Waals surface area contributed by atoms with Gasteiger partial charge in [0.15, 0.2) is 0 Å². The summed E-state index contributed by atoms with van der Waals surface area (Å²) < 4.78 is 10.7. The van der Waals surface area contributed by atoms with Crippen molar-refractivity contribution in [1.82, 2.24) is 0 Å². The van der Waals surface area contributed by atoms with Gasteiger partial charge in [0.05, 0.1) is 24.1 Å². The molecular weight excluding hydrogens is 366 g/mol. The summed E-state index contributed by atoms with van der Waals surface area (Å²) in [7, 11) is 1.58. The Morgan fingerprint density at radius 2 is 1.96 bits per heavy atom. The maximum atomic E-state index is 13.1. The molecule has 0 radical (unpaired) electrons. The fourth-order valence-electron chi connectivity index (χ4n) is 3.69. The van der Waals surface area contributed by atoms with Gasteiger partial charge in [-0.25, -0.2) is 4.79 Å². The predicted octanol–water partition coefficient (Wildman–Crippen LogP) is 3.99. The van der Waals surface area contributed by atoms with Crippen LogP contribution in [0.5, 0.6) is 5.75 Å². The number of aryl methyl sites for hydroxylation is 1. The van der Waals surface area contributed by atoms with Crippen molar-refractivity contribution in [3.63, 3.8) is 0 Å². The number of hydrogen-bond acceptors (Lipinski definition) is 4. The third-order valence-corrected chi connectivity index (χ3v) is 5.45. The van der Waals surface area contributed by atoms with E-state index in [0.717, 1.165) is 11.1 Å². The van der Waals surface area contributed by atoms with Crippen LogP contribution in [0.3, 0.4) is 0 Å². The van der Waals surface area contributed by atoms with Crippen LogP contribution in [-0.2, 0) is 14.3 Å². The highest BCUT2D eigenvalue weighted by Crippen LogP contribution is 2.44. The second-order valence-corrected chi connectivity index (χ2v) is 7.00. The number of ether oxygens (including phenoxy) is 2. The summed E-state index contributed by atoms with van der Waals surface area (Å²) in [6.45, 7) is 1.96. The first-order valence-corrected chi connectivity index (χ1v) is 9.01. The van der Waals surface area contributed by atoms with Crippen LogP contribution >= 0.6 is 11.6 Å². The number of hydrogen-bond donors (Lipinski definition) is 0. The summed E-state index contributed by atoms with van der Waals surface area (Å²) in [5, 5.41) is 0.569. The number of carbonyl (C=O) groups is 2. The van der Waals surface area contributed by atoms with Crippen molar-refractivity contribution < 1.29 is 19.1 Å². The number of carbonyl (C=O) groups excluding carboxylic acids is 2. The number of esters is 1. The first-order chi connectivity index (χ1) is 13.0. The summed E-state index contributed by atoms with van der Waals surface area (Å²) in [6.07, 6.45) is 0.153. The molecule has 0 spiro atoms. The number of cyclic esters (lactones) is 1. The summed E-state index contributed by atoms with van der Waals surface area (Å²) >= 11 is 6.25. The average Bonchev–Trinajstić information content (AvgIpc) is 3.05. The van der Waals surface area contributed by atoms with Gasteiger partial charge in [0, 0.05) is 22.9 Å². The molecule has 1 amide bonds. The van der Waals surface area contributed by atoms with Gasteiger partial charge >= 0.3 is 5.97 Å². The predicted molar refractivity (Wildman–Crippen MR) is 102 cm³/mol. The van der Waals surface area contributed by atoms with Gasteiger partial charge in [0.2, 0.25) is 5.91 Å². The number of amides is 1. The number of methoxy groups -OCH3 is 1. The fourth-order valence-corrected chi connectivity index (χ4v) is 3.87. The minimum atomic E-state index is -0.393. The van der Waals surface area contributed by atoms with Crippen molar-refractivity contribution in [2.75, 3.05) is 18.6 Å². The summed E-state index contributed by atoms with van der Waals surface area (Å²) in [5.41, 5.74) is 3.45. The van der Waals surface area contributed by atoms with Gasteiger partial charge in [-0.1, -0.05) is 35.9 Å². The van der Waals surface area contributed by atoms with Crippen molar-refractivity contribution in [3.8, 4) is 5.75 Å². The van der Waals surface area contributed by atoms with Crippen LogP contribution in [0.25, 0.3) is 0 Å². The van der Waals surface area contributed by atoms with Crippen LogP contribution in [0, 0.1) is 6.92 Å². The number of benzene rings is 2. The molecule has 0 aliphatic carbocycles. The van der Waals surface area contributed by atoms with E-state index in [1.807, 2.05) is 43.3 Å². The van der Waals surface area contributed by atoms with Crippen LogP contribution in [0.15, 0.2) is 53.7 Å². The monoisotopic (exact) mass is 383 g/mol. The third kappa shape index (κ3) is 2.88. The highest BCUT2D eigenvalue weighted by Gasteiger charge is 2.43. The van der Waals surface area contributed by atoms with E-state index in [-0.39, 0.29) is 18.9 Å². The molecule has 2 aliphatic heterocycles.